The minimum Gasteiger partial charge on any atom is -0.317 e. The first-order valence-corrected chi connectivity index (χ1v) is 6.97. The maximum absolute atomic E-state index is 9.89. The van der Waals surface area contributed by atoms with Crippen LogP contribution in [0.4, 0.5) is 0 Å². The van der Waals surface area contributed by atoms with Gasteiger partial charge in [-0.15, -0.1) is 0 Å². The Morgan fingerprint density at radius 2 is 1.86 bits per heavy atom. The Morgan fingerprint density at radius 1 is 1.23 bits per heavy atom. The van der Waals surface area contributed by atoms with Crippen LogP contribution in [0.5, 0.6) is 0 Å². The lowest BCUT2D eigenvalue weighted by Crippen LogP contribution is -2.90. The van der Waals surface area contributed by atoms with Crippen LogP contribution in [0.25, 0.3) is 0 Å². The number of nitriles is 2. The summed E-state index contributed by atoms with van der Waals surface area (Å²) < 4.78 is 10.9. The number of hydrogen-bond donors (Lipinski definition) is 2. The lowest BCUT2D eigenvalue weighted by Gasteiger charge is -2.26. The topological polar surface area (TPSA) is 106 Å². The minimum atomic E-state index is -1.49. The smallest absolute Gasteiger partial charge is 0.317 e. The fourth-order valence-electron chi connectivity index (χ4n) is 3.79. The third-order valence-electron chi connectivity index (χ3n) is 4.79. The van der Waals surface area contributed by atoms with Gasteiger partial charge in [0.15, 0.2) is 10.8 Å². The van der Waals surface area contributed by atoms with Crippen molar-refractivity contribution in [1.82, 2.24) is 0 Å². The monoisotopic (exact) mass is 317 g/mol. The fraction of sp³-hybridized carbons (Fsp3) is 0.400. The van der Waals surface area contributed by atoms with E-state index >= 15 is 0 Å². The summed E-state index contributed by atoms with van der Waals surface area (Å²) in [6.07, 6.45) is 0. The summed E-state index contributed by atoms with van der Waals surface area (Å²) in [6.45, 7) is 0. The van der Waals surface area contributed by atoms with E-state index in [1.54, 1.807) is 24.3 Å². The van der Waals surface area contributed by atoms with Gasteiger partial charge in [0.1, 0.15) is 0 Å². The zero-order chi connectivity index (χ0) is 16.2. The van der Waals surface area contributed by atoms with Gasteiger partial charge in [-0.3, -0.25) is 5.73 Å². The van der Waals surface area contributed by atoms with Crippen molar-refractivity contribution in [1.29, 1.82) is 10.5 Å². The molecule has 0 amide bonds. The van der Waals surface area contributed by atoms with Gasteiger partial charge in [0.25, 0.3) is 5.84 Å². The molecular weight excluding hydrogens is 304 g/mol. The fourth-order valence-corrected chi connectivity index (χ4v) is 4.03. The van der Waals surface area contributed by atoms with E-state index in [-0.39, 0.29) is 5.84 Å². The second-order valence-electron chi connectivity index (χ2n) is 5.36. The number of nitrogens with one attached hydrogen (secondary N) is 1. The van der Waals surface area contributed by atoms with Crippen molar-refractivity contribution in [3.05, 3.63) is 34.9 Å². The molecule has 6 nitrogen and oxygen atoms in total. The molecule has 0 radical (unpaired) electrons. The van der Waals surface area contributed by atoms with Crippen molar-refractivity contribution >= 4 is 17.4 Å². The number of ether oxygens (including phenoxy) is 2. The standard InChI is InChI=1S/C15H13ClN4O2/c1-21-15(22-2)14(8-18)11(9-5-3-4-6-10(9)16)13(14,7-17)12(19)20-15/h3-6,11H,1-2H3,(H2,19,20)/p+1/t11-,13+,14+/m0/s1. The number of hydrogen-bond acceptors (Lipinski definition) is 5. The quantitative estimate of drug-likeness (QED) is 0.754. The highest BCUT2D eigenvalue weighted by Crippen LogP contribution is 2.79. The number of methoxy groups -OCH3 is 2. The Balaban J connectivity index is 2.29. The maximum atomic E-state index is 9.89. The molecule has 2 aliphatic rings. The number of amidine groups is 1. The van der Waals surface area contributed by atoms with Crippen molar-refractivity contribution in [3.63, 3.8) is 0 Å². The van der Waals surface area contributed by atoms with Crippen LogP contribution in [0.15, 0.2) is 24.3 Å². The van der Waals surface area contributed by atoms with Gasteiger partial charge in [-0.25, -0.2) is 4.99 Å². The lowest BCUT2D eigenvalue weighted by molar-refractivity contribution is -0.687. The summed E-state index contributed by atoms with van der Waals surface area (Å²) in [5.41, 5.74) is 4.17. The third kappa shape index (κ3) is 1.25. The Bertz CT molecular complexity index is 762. The average molecular weight is 318 g/mol. The normalized spacial score (nSPS) is 34.2. The van der Waals surface area contributed by atoms with Crippen molar-refractivity contribution in [3.8, 4) is 12.1 Å². The number of nitrogens with two attached hydrogens (primary N) is 1. The predicted molar refractivity (Wildman–Crippen MR) is 77.2 cm³/mol. The number of nitrogens with zero attached hydrogens (tertiary/aromatic N) is 2. The van der Waals surface area contributed by atoms with Gasteiger partial charge >= 0.3 is 5.91 Å². The van der Waals surface area contributed by atoms with E-state index in [1.165, 1.54) is 14.2 Å². The molecule has 0 spiro atoms. The molecule has 0 aromatic heterocycles. The van der Waals surface area contributed by atoms with Crippen molar-refractivity contribution in [2.24, 2.45) is 16.6 Å². The molecular formula is C15H14ClN4O2+. The number of benzene rings is 1. The molecule has 0 saturated heterocycles. The molecule has 1 aliphatic heterocycles. The summed E-state index contributed by atoms with van der Waals surface area (Å²) in [5.74, 6) is -1.87. The van der Waals surface area contributed by atoms with Gasteiger partial charge in [-0.2, -0.15) is 10.5 Å². The molecule has 0 unspecified atom stereocenters. The van der Waals surface area contributed by atoms with E-state index in [9.17, 15) is 10.5 Å². The first-order valence-electron chi connectivity index (χ1n) is 6.59. The first-order chi connectivity index (χ1) is 10.5. The molecule has 3 N–H and O–H groups in total. The summed E-state index contributed by atoms with van der Waals surface area (Å²) in [5, 5.41) is 20.1. The van der Waals surface area contributed by atoms with Crippen LogP contribution < -0.4 is 10.7 Å². The highest BCUT2D eigenvalue weighted by Gasteiger charge is 2.97. The highest BCUT2D eigenvalue weighted by atomic mass is 35.5. The molecule has 3 rings (SSSR count). The Labute approximate surface area is 132 Å². The zero-order valence-corrected chi connectivity index (χ0v) is 12.8. The summed E-state index contributed by atoms with van der Waals surface area (Å²) in [7, 11) is 2.80. The molecule has 1 saturated carbocycles. The highest BCUT2D eigenvalue weighted by molar-refractivity contribution is 6.31. The summed E-state index contributed by atoms with van der Waals surface area (Å²) >= 11 is 6.27. The molecule has 1 fully saturated rings. The predicted octanol–water partition coefficient (Wildman–Crippen LogP) is -0.145. The Kier molecular flexibility index (Phi) is 2.99. The molecule has 7 heteroatoms. The molecule has 1 aliphatic carbocycles. The van der Waals surface area contributed by atoms with Crippen LogP contribution in [0.2, 0.25) is 5.02 Å². The zero-order valence-electron chi connectivity index (χ0n) is 12.1. The SMILES string of the molecule is COC1(OC)[NH+]=C(N)[C@@]2(C#N)[C@H](c3ccccc3Cl)[C@@]12C#N. The van der Waals surface area contributed by atoms with Crippen LogP contribution in [0, 0.1) is 33.5 Å². The van der Waals surface area contributed by atoms with Crippen LogP contribution >= 0.6 is 11.6 Å². The van der Waals surface area contributed by atoms with Crippen LogP contribution in [0.3, 0.4) is 0 Å². The van der Waals surface area contributed by atoms with Crippen molar-refractivity contribution in [2.45, 2.75) is 11.8 Å². The molecule has 1 heterocycles. The number of fused-ring (bicyclic) bond motifs is 1. The molecule has 0 bridgehead atoms. The summed E-state index contributed by atoms with van der Waals surface area (Å²) in [4.78, 5) is 2.83. The Hall–Kier alpha value is -2.12. The molecule has 1 aromatic rings. The number of halogens is 1. The second kappa shape index (κ2) is 4.44. The van der Waals surface area contributed by atoms with Gasteiger partial charge in [0.05, 0.1) is 12.1 Å². The van der Waals surface area contributed by atoms with Crippen molar-refractivity contribution < 1.29 is 14.5 Å². The van der Waals surface area contributed by atoms with Gasteiger partial charge < -0.3 is 9.47 Å². The van der Waals surface area contributed by atoms with Gasteiger partial charge in [-0.05, 0) is 11.6 Å². The van der Waals surface area contributed by atoms with Crippen molar-refractivity contribution in [2.75, 3.05) is 14.2 Å². The van der Waals surface area contributed by atoms with Gasteiger partial charge in [-0.1, -0.05) is 29.8 Å². The third-order valence-corrected chi connectivity index (χ3v) is 5.14. The van der Waals surface area contributed by atoms with Gasteiger partial charge in [0.2, 0.25) is 0 Å². The lowest BCUT2D eigenvalue weighted by atomic mass is 9.93. The molecule has 3 atom stereocenters. The van der Waals surface area contributed by atoms with Gasteiger partial charge in [0, 0.05) is 25.2 Å². The van der Waals surface area contributed by atoms with E-state index in [0.717, 1.165) is 0 Å². The van der Waals surface area contributed by atoms with Crippen LogP contribution in [0.1, 0.15) is 11.5 Å². The summed E-state index contributed by atoms with van der Waals surface area (Å²) in [6, 6.07) is 11.5. The van der Waals surface area contributed by atoms with E-state index < -0.39 is 22.7 Å². The van der Waals surface area contributed by atoms with E-state index in [1.807, 2.05) is 0 Å². The molecule has 22 heavy (non-hydrogen) atoms. The van der Waals surface area contributed by atoms with E-state index in [2.05, 4.69) is 17.1 Å². The average Bonchev–Trinajstić information content (AvgIpc) is 3.10. The van der Waals surface area contributed by atoms with Crippen LogP contribution in [-0.2, 0) is 9.47 Å². The maximum Gasteiger partial charge on any atom is 0.342 e. The second-order valence-corrected chi connectivity index (χ2v) is 5.76. The molecule has 1 aromatic carbocycles. The Morgan fingerprint density at radius 3 is 2.36 bits per heavy atom. The first kappa shape index (κ1) is 14.8. The minimum absolute atomic E-state index is 0.158. The van der Waals surface area contributed by atoms with Crippen LogP contribution in [-0.4, -0.2) is 26.0 Å². The largest absolute Gasteiger partial charge is 0.342 e. The number of rotatable bonds is 3. The molecule has 112 valence electrons. The van der Waals surface area contributed by atoms with E-state index in [0.29, 0.717) is 10.6 Å². The van der Waals surface area contributed by atoms with E-state index in [4.69, 9.17) is 26.8 Å².